The first-order chi connectivity index (χ1) is 13.0. The lowest BCUT2D eigenvalue weighted by Gasteiger charge is -2.26. The maximum absolute atomic E-state index is 11.6. The van der Waals surface area contributed by atoms with Gasteiger partial charge in [-0.15, -0.1) is 0 Å². The Morgan fingerprint density at radius 2 is 1.70 bits per heavy atom. The van der Waals surface area contributed by atoms with Crippen LogP contribution in [0.25, 0.3) is 0 Å². The molecule has 2 atom stereocenters. The lowest BCUT2D eigenvalue weighted by atomic mass is 10.00. The van der Waals surface area contributed by atoms with Gasteiger partial charge >= 0.3 is 5.97 Å². The number of rotatable bonds is 11. The molecule has 3 N–H and O–H groups in total. The molecule has 5 nitrogen and oxygen atoms in total. The van der Waals surface area contributed by atoms with Crippen LogP contribution >= 0.6 is 0 Å². The van der Waals surface area contributed by atoms with Gasteiger partial charge in [0.15, 0.2) is 0 Å². The van der Waals surface area contributed by atoms with Gasteiger partial charge < -0.3 is 15.2 Å². The predicted octanol–water partition coefficient (Wildman–Crippen LogP) is 3.09. The second kappa shape index (κ2) is 10.7. The van der Waals surface area contributed by atoms with Crippen molar-refractivity contribution in [3.8, 4) is 5.75 Å². The minimum Gasteiger partial charge on any atom is -0.497 e. The molecule has 2 aromatic carbocycles. The minimum absolute atomic E-state index is 0.00519. The summed E-state index contributed by atoms with van der Waals surface area (Å²) in [6, 6.07) is 17.5. The average Bonchev–Trinajstić information content (AvgIpc) is 2.66. The zero-order valence-corrected chi connectivity index (χ0v) is 16.3. The van der Waals surface area contributed by atoms with Crippen molar-refractivity contribution in [2.45, 2.75) is 38.9 Å². The highest BCUT2D eigenvalue weighted by Gasteiger charge is 2.24. The number of methoxy groups -OCH3 is 1. The number of benzene rings is 2. The zero-order valence-electron chi connectivity index (χ0n) is 16.3. The van der Waals surface area contributed by atoms with Crippen LogP contribution in [0.15, 0.2) is 54.6 Å². The molecular formula is C22H30N2O3. The summed E-state index contributed by atoms with van der Waals surface area (Å²) in [5, 5.41) is 16.3. The summed E-state index contributed by atoms with van der Waals surface area (Å²) in [5.41, 5.74) is 2.35. The van der Waals surface area contributed by atoms with Crippen molar-refractivity contribution in [1.82, 2.24) is 10.6 Å². The fraction of sp³-hybridized carbons (Fsp3) is 0.409. The minimum atomic E-state index is -0.812. The molecule has 0 aliphatic rings. The number of carbonyl (C=O) groups is 1. The van der Waals surface area contributed by atoms with E-state index in [1.807, 2.05) is 56.3 Å². The highest BCUT2D eigenvalue weighted by atomic mass is 16.5. The monoisotopic (exact) mass is 370 g/mol. The van der Waals surface area contributed by atoms with Crippen molar-refractivity contribution in [2.75, 3.05) is 13.7 Å². The predicted molar refractivity (Wildman–Crippen MR) is 108 cm³/mol. The largest absolute Gasteiger partial charge is 0.497 e. The SMILES string of the molecule is COc1ccc(CC(CNCc2ccccc2)NC(C(=O)O)C(C)C)cc1. The summed E-state index contributed by atoms with van der Waals surface area (Å²) in [5.74, 6) is 0.0128. The molecule has 27 heavy (non-hydrogen) atoms. The van der Waals surface area contributed by atoms with Gasteiger partial charge in [-0.05, 0) is 35.6 Å². The summed E-state index contributed by atoms with van der Waals surface area (Å²) in [6.45, 7) is 5.28. The molecule has 2 unspecified atom stereocenters. The Labute approximate surface area is 161 Å². The Balaban J connectivity index is 2.02. The molecule has 0 aliphatic heterocycles. The molecule has 0 aromatic heterocycles. The molecule has 0 saturated heterocycles. The first kappa shape index (κ1) is 20.9. The van der Waals surface area contributed by atoms with Gasteiger partial charge in [0.05, 0.1) is 7.11 Å². The fourth-order valence-electron chi connectivity index (χ4n) is 3.03. The maximum atomic E-state index is 11.6. The smallest absolute Gasteiger partial charge is 0.320 e. The molecule has 0 heterocycles. The molecule has 0 spiro atoms. The lowest BCUT2D eigenvalue weighted by Crippen LogP contribution is -2.50. The van der Waals surface area contributed by atoms with Gasteiger partial charge in [0.1, 0.15) is 11.8 Å². The van der Waals surface area contributed by atoms with E-state index < -0.39 is 12.0 Å². The molecule has 146 valence electrons. The van der Waals surface area contributed by atoms with E-state index >= 15 is 0 Å². The number of ether oxygens (including phenoxy) is 1. The van der Waals surface area contributed by atoms with Crippen molar-refractivity contribution in [1.29, 1.82) is 0 Å². The van der Waals surface area contributed by atoms with Crippen LogP contribution in [0.3, 0.4) is 0 Å². The third-order valence-electron chi connectivity index (χ3n) is 4.55. The van der Waals surface area contributed by atoms with Gasteiger partial charge in [0.2, 0.25) is 0 Å². The molecule has 5 heteroatoms. The Kier molecular flexibility index (Phi) is 8.30. The molecule has 0 amide bonds. The molecule has 0 saturated carbocycles. The first-order valence-electron chi connectivity index (χ1n) is 9.36. The van der Waals surface area contributed by atoms with Crippen molar-refractivity contribution in [3.05, 3.63) is 65.7 Å². The van der Waals surface area contributed by atoms with E-state index in [1.54, 1.807) is 7.11 Å². The standard InChI is InChI=1S/C22H30N2O3/c1-16(2)21(22(25)26)24-19(13-17-9-11-20(27-3)12-10-17)15-23-14-18-7-5-4-6-8-18/h4-12,16,19,21,23-24H,13-15H2,1-3H3,(H,25,26). The van der Waals surface area contributed by atoms with Gasteiger partial charge in [-0.3, -0.25) is 10.1 Å². The Hall–Kier alpha value is -2.37. The molecule has 2 rings (SSSR count). The quantitative estimate of drug-likeness (QED) is 0.567. The second-order valence-corrected chi connectivity index (χ2v) is 7.09. The van der Waals surface area contributed by atoms with Crippen molar-refractivity contribution in [3.63, 3.8) is 0 Å². The Morgan fingerprint density at radius 1 is 1.04 bits per heavy atom. The van der Waals surface area contributed by atoms with Crippen LogP contribution in [-0.4, -0.2) is 36.8 Å². The summed E-state index contributed by atoms with van der Waals surface area (Å²) in [4.78, 5) is 11.6. The third kappa shape index (κ3) is 7.04. The number of nitrogens with one attached hydrogen (secondary N) is 2. The number of carboxylic acids is 1. The van der Waals surface area contributed by atoms with E-state index in [0.29, 0.717) is 6.54 Å². The van der Waals surface area contributed by atoms with Gasteiger partial charge in [-0.2, -0.15) is 0 Å². The molecule has 0 radical (unpaired) electrons. The highest BCUT2D eigenvalue weighted by Crippen LogP contribution is 2.14. The van der Waals surface area contributed by atoms with Crippen molar-refractivity contribution < 1.29 is 14.6 Å². The van der Waals surface area contributed by atoms with Gasteiger partial charge in [0, 0.05) is 19.1 Å². The van der Waals surface area contributed by atoms with Crippen LogP contribution in [0.1, 0.15) is 25.0 Å². The Morgan fingerprint density at radius 3 is 2.26 bits per heavy atom. The third-order valence-corrected chi connectivity index (χ3v) is 4.55. The Bertz CT molecular complexity index is 686. The van der Waals surface area contributed by atoms with Crippen LogP contribution in [0, 0.1) is 5.92 Å². The number of hydrogen-bond donors (Lipinski definition) is 3. The van der Waals surface area contributed by atoms with E-state index in [1.165, 1.54) is 5.56 Å². The van der Waals surface area contributed by atoms with E-state index in [2.05, 4.69) is 22.8 Å². The molecule has 0 bridgehead atoms. The average molecular weight is 370 g/mol. The van der Waals surface area contributed by atoms with Crippen LogP contribution in [0.5, 0.6) is 5.75 Å². The van der Waals surface area contributed by atoms with E-state index in [-0.39, 0.29) is 12.0 Å². The molecule has 2 aromatic rings. The van der Waals surface area contributed by atoms with Crippen LogP contribution in [-0.2, 0) is 17.8 Å². The summed E-state index contributed by atoms with van der Waals surface area (Å²) in [6.07, 6.45) is 0.738. The van der Waals surface area contributed by atoms with Crippen molar-refractivity contribution >= 4 is 5.97 Å². The van der Waals surface area contributed by atoms with Gasteiger partial charge in [0.25, 0.3) is 0 Å². The number of hydrogen-bond acceptors (Lipinski definition) is 4. The zero-order chi connectivity index (χ0) is 19.6. The maximum Gasteiger partial charge on any atom is 0.320 e. The van der Waals surface area contributed by atoms with Crippen LogP contribution < -0.4 is 15.4 Å². The van der Waals surface area contributed by atoms with Crippen molar-refractivity contribution in [2.24, 2.45) is 5.92 Å². The van der Waals surface area contributed by atoms with E-state index in [0.717, 1.165) is 24.3 Å². The lowest BCUT2D eigenvalue weighted by molar-refractivity contribution is -0.140. The second-order valence-electron chi connectivity index (χ2n) is 7.09. The number of carboxylic acid groups (broad SMARTS) is 1. The summed E-state index contributed by atoms with van der Waals surface area (Å²) < 4.78 is 5.21. The molecular weight excluding hydrogens is 340 g/mol. The summed E-state index contributed by atoms with van der Waals surface area (Å²) >= 11 is 0. The first-order valence-corrected chi connectivity index (χ1v) is 9.36. The van der Waals surface area contributed by atoms with E-state index in [4.69, 9.17) is 4.74 Å². The van der Waals surface area contributed by atoms with Gasteiger partial charge in [-0.1, -0.05) is 56.3 Å². The topological polar surface area (TPSA) is 70.6 Å². The highest BCUT2D eigenvalue weighted by molar-refractivity contribution is 5.73. The molecule has 0 aliphatic carbocycles. The van der Waals surface area contributed by atoms with Crippen LogP contribution in [0.4, 0.5) is 0 Å². The van der Waals surface area contributed by atoms with Crippen LogP contribution in [0.2, 0.25) is 0 Å². The van der Waals surface area contributed by atoms with E-state index in [9.17, 15) is 9.90 Å². The summed E-state index contributed by atoms with van der Waals surface area (Å²) in [7, 11) is 1.65. The number of aliphatic carboxylic acids is 1. The van der Waals surface area contributed by atoms with Gasteiger partial charge in [-0.25, -0.2) is 0 Å². The fourth-order valence-corrected chi connectivity index (χ4v) is 3.03. The molecule has 0 fully saturated rings. The normalized spacial score (nSPS) is 13.3.